The predicted molar refractivity (Wildman–Crippen MR) is 73.0 cm³/mol. The zero-order valence-corrected chi connectivity index (χ0v) is 10.4. The van der Waals surface area contributed by atoms with Crippen molar-refractivity contribution in [3.05, 3.63) is 48.5 Å². The van der Waals surface area contributed by atoms with Crippen LogP contribution in [-0.4, -0.2) is 15.0 Å². The lowest BCUT2D eigenvalue weighted by Gasteiger charge is -2.08. The summed E-state index contributed by atoms with van der Waals surface area (Å²) in [6.07, 6.45) is 3.18. The van der Waals surface area contributed by atoms with Crippen molar-refractivity contribution in [3.63, 3.8) is 0 Å². The van der Waals surface area contributed by atoms with E-state index in [1.165, 1.54) is 6.33 Å². The van der Waals surface area contributed by atoms with Crippen LogP contribution in [0.5, 0.6) is 11.6 Å². The third-order valence-corrected chi connectivity index (χ3v) is 2.79. The molecule has 3 aromatic rings. The number of nitrogen functional groups attached to an aromatic ring is 1. The van der Waals surface area contributed by atoms with Gasteiger partial charge < -0.3 is 10.5 Å². The van der Waals surface area contributed by atoms with Crippen molar-refractivity contribution in [2.45, 2.75) is 6.92 Å². The number of hydrogen-bond donors (Lipinski definition) is 1. The van der Waals surface area contributed by atoms with Gasteiger partial charge in [-0.25, -0.2) is 9.97 Å². The van der Waals surface area contributed by atoms with E-state index in [1.807, 2.05) is 25.1 Å². The van der Waals surface area contributed by atoms with Crippen LogP contribution in [0.4, 0.5) is 5.69 Å². The number of rotatable bonds is 2. The maximum atomic E-state index is 5.81. The predicted octanol–water partition coefficient (Wildman–Crippen LogP) is 2.71. The van der Waals surface area contributed by atoms with Gasteiger partial charge in [0.25, 0.3) is 0 Å². The highest BCUT2D eigenvalue weighted by Crippen LogP contribution is 2.28. The molecule has 0 atom stereocenters. The second-order valence-electron chi connectivity index (χ2n) is 4.14. The number of nitrogens with two attached hydrogens (primary N) is 1. The highest BCUT2D eigenvalue weighted by Gasteiger charge is 2.08. The lowest BCUT2D eigenvalue weighted by molar-refractivity contribution is 0.462. The van der Waals surface area contributed by atoms with E-state index in [1.54, 1.807) is 18.3 Å². The van der Waals surface area contributed by atoms with E-state index in [0.29, 0.717) is 17.3 Å². The third kappa shape index (κ3) is 2.18. The quantitative estimate of drug-likeness (QED) is 0.710. The minimum atomic E-state index is 0.501. The first-order chi connectivity index (χ1) is 9.24. The number of aromatic nitrogens is 3. The summed E-state index contributed by atoms with van der Waals surface area (Å²) in [4.78, 5) is 12.5. The van der Waals surface area contributed by atoms with Gasteiger partial charge in [0.1, 0.15) is 6.33 Å². The Morgan fingerprint density at radius 2 is 2.00 bits per heavy atom. The molecule has 0 aliphatic carbocycles. The van der Waals surface area contributed by atoms with Crippen molar-refractivity contribution < 1.29 is 4.74 Å². The van der Waals surface area contributed by atoms with E-state index in [9.17, 15) is 0 Å². The van der Waals surface area contributed by atoms with Crippen LogP contribution >= 0.6 is 0 Å². The van der Waals surface area contributed by atoms with Gasteiger partial charge in [-0.2, -0.15) is 0 Å². The minimum Gasteiger partial charge on any atom is -0.436 e. The van der Waals surface area contributed by atoms with Crippen molar-refractivity contribution in [3.8, 4) is 11.6 Å². The topological polar surface area (TPSA) is 73.9 Å². The fraction of sp³-hybridized carbons (Fsp3) is 0.0714. The molecule has 0 spiro atoms. The summed E-state index contributed by atoms with van der Waals surface area (Å²) < 4.78 is 5.81. The van der Waals surface area contributed by atoms with Crippen LogP contribution in [0, 0.1) is 6.92 Å². The van der Waals surface area contributed by atoms with Crippen molar-refractivity contribution in [2.24, 2.45) is 0 Å². The van der Waals surface area contributed by atoms with E-state index in [0.717, 1.165) is 16.6 Å². The van der Waals surface area contributed by atoms with Crippen LogP contribution in [0.15, 0.2) is 42.9 Å². The molecule has 2 N–H and O–H groups in total. The zero-order chi connectivity index (χ0) is 13.2. The monoisotopic (exact) mass is 252 g/mol. The highest BCUT2D eigenvalue weighted by molar-refractivity contribution is 5.85. The van der Waals surface area contributed by atoms with Crippen molar-refractivity contribution in [2.75, 3.05) is 5.73 Å². The van der Waals surface area contributed by atoms with Gasteiger partial charge in [-0.1, -0.05) is 0 Å². The Labute approximate surface area is 110 Å². The molecule has 3 rings (SSSR count). The summed E-state index contributed by atoms with van der Waals surface area (Å²) in [7, 11) is 0. The van der Waals surface area contributed by atoms with Crippen molar-refractivity contribution >= 4 is 16.6 Å². The maximum Gasteiger partial charge on any atom is 0.230 e. The van der Waals surface area contributed by atoms with Crippen LogP contribution in [0.25, 0.3) is 10.9 Å². The largest absolute Gasteiger partial charge is 0.436 e. The number of pyridine rings is 1. The molecule has 5 nitrogen and oxygen atoms in total. The third-order valence-electron chi connectivity index (χ3n) is 2.79. The summed E-state index contributed by atoms with van der Waals surface area (Å²) in [5.41, 5.74) is 7.97. The highest BCUT2D eigenvalue weighted by atomic mass is 16.5. The Bertz CT molecular complexity index is 742. The lowest BCUT2D eigenvalue weighted by atomic mass is 10.2. The molecule has 94 valence electrons. The Hall–Kier alpha value is -2.69. The van der Waals surface area contributed by atoms with E-state index in [4.69, 9.17) is 10.5 Å². The number of hydrogen-bond acceptors (Lipinski definition) is 5. The fourth-order valence-corrected chi connectivity index (χ4v) is 1.81. The minimum absolute atomic E-state index is 0.501. The molecule has 0 radical (unpaired) electrons. The number of ether oxygens (including phenoxy) is 1. The lowest BCUT2D eigenvalue weighted by Crippen LogP contribution is -1.95. The summed E-state index contributed by atoms with van der Waals surface area (Å²) in [6.45, 7) is 1.89. The molecule has 0 bridgehead atoms. The fourth-order valence-electron chi connectivity index (χ4n) is 1.81. The normalized spacial score (nSPS) is 10.6. The SMILES string of the molecule is Cc1ncccc1Oc1ncnc2cc(N)ccc12. The zero-order valence-electron chi connectivity index (χ0n) is 10.4. The Balaban J connectivity index is 2.09. The molecule has 0 saturated carbocycles. The maximum absolute atomic E-state index is 5.81. The summed E-state index contributed by atoms with van der Waals surface area (Å²) in [5.74, 6) is 1.18. The molecule has 2 heterocycles. The molecule has 0 amide bonds. The van der Waals surface area contributed by atoms with Crippen molar-refractivity contribution in [1.29, 1.82) is 0 Å². The van der Waals surface area contributed by atoms with Gasteiger partial charge >= 0.3 is 0 Å². The molecule has 2 aromatic heterocycles. The van der Waals surface area contributed by atoms with Gasteiger partial charge in [0.05, 0.1) is 16.6 Å². The number of benzene rings is 1. The van der Waals surface area contributed by atoms with E-state index in [2.05, 4.69) is 15.0 Å². The van der Waals surface area contributed by atoms with Crippen LogP contribution < -0.4 is 10.5 Å². The van der Waals surface area contributed by atoms with E-state index < -0.39 is 0 Å². The molecule has 0 saturated heterocycles. The molecular formula is C14H12N4O. The second kappa shape index (κ2) is 4.53. The Kier molecular flexibility index (Phi) is 2.72. The van der Waals surface area contributed by atoms with Gasteiger partial charge in [-0.15, -0.1) is 0 Å². The second-order valence-corrected chi connectivity index (χ2v) is 4.14. The molecule has 19 heavy (non-hydrogen) atoms. The van der Waals surface area contributed by atoms with Gasteiger partial charge in [0.2, 0.25) is 5.88 Å². The standard InChI is InChI=1S/C14H12N4O/c1-9-13(3-2-6-16-9)19-14-11-5-4-10(15)7-12(11)17-8-18-14/h2-8H,15H2,1H3. The number of aryl methyl sites for hydroxylation is 1. The molecular weight excluding hydrogens is 240 g/mol. The molecule has 5 heteroatoms. The average Bonchev–Trinajstić information content (AvgIpc) is 2.41. The van der Waals surface area contributed by atoms with E-state index in [-0.39, 0.29) is 0 Å². The first-order valence-corrected chi connectivity index (χ1v) is 5.84. The molecule has 0 unspecified atom stereocenters. The summed E-state index contributed by atoms with van der Waals surface area (Å²) in [5, 5.41) is 0.819. The molecule has 1 aromatic carbocycles. The van der Waals surface area contributed by atoms with Gasteiger partial charge in [-0.3, -0.25) is 4.98 Å². The van der Waals surface area contributed by atoms with E-state index >= 15 is 0 Å². The molecule has 0 aliphatic heterocycles. The first-order valence-electron chi connectivity index (χ1n) is 5.84. The number of fused-ring (bicyclic) bond motifs is 1. The van der Waals surface area contributed by atoms with Crippen LogP contribution in [-0.2, 0) is 0 Å². The smallest absolute Gasteiger partial charge is 0.230 e. The summed E-state index contributed by atoms with van der Waals surface area (Å²) in [6, 6.07) is 9.12. The molecule has 0 aliphatic rings. The Morgan fingerprint density at radius 1 is 1.11 bits per heavy atom. The van der Waals surface area contributed by atoms with Gasteiger partial charge in [0, 0.05) is 11.9 Å². The van der Waals surface area contributed by atoms with Crippen LogP contribution in [0.1, 0.15) is 5.69 Å². The van der Waals surface area contributed by atoms with Gasteiger partial charge in [0.15, 0.2) is 5.75 Å². The summed E-state index contributed by atoms with van der Waals surface area (Å²) >= 11 is 0. The van der Waals surface area contributed by atoms with Crippen LogP contribution in [0.2, 0.25) is 0 Å². The average molecular weight is 252 g/mol. The number of nitrogens with zero attached hydrogens (tertiary/aromatic N) is 3. The van der Waals surface area contributed by atoms with Crippen LogP contribution in [0.3, 0.4) is 0 Å². The molecule has 0 fully saturated rings. The first kappa shape index (κ1) is 11.4. The Morgan fingerprint density at radius 3 is 2.84 bits per heavy atom. The van der Waals surface area contributed by atoms with Crippen molar-refractivity contribution in [1.82, 2.24) is 15.0 Å². The number of anilines is 1. The van der Waals surface area contributed by atoms with Gasteiger partial charge in [-0.05, 0) is 37.3 Å².